The van der Waals surface area contributed by atoms with Crippen molar-refractivity contribution in [2.75, 3.05) is 13.1 Å². The molecule has 0 aliphatic rings. The van der Waals surface area contributed by atoms with E-state index in [1.807, 2.05) is 27.7 Å². The van der Waals surface area contributed by atoms with Gasteiger partial charge >= 0.3 is 5.97 Å². The second kappa shape index (κ2) is 21.0. The summed E-state index contributed by atoms with van der Waals surface area (Å²) in [7, 11) is 0. The van der Waals surface area contributed by atoms with Gasteiger partial charge in [-0.1, -0.05) is 27.7 Å². The molecule has 0 aliphatic heterocycles. The summed E-state index contributed by atoms with van der Waals surface area (Å²) in [5.41, 5.74) is 11.4. The van der Waals surface area contributed by atoms with Crippen LogP contribution in [0, 0.1) is 11.8 Å². The first-order valence-electron chi connectivity index (χ1n) is 15.2. The number of quaternary nitrogens is 3. The maximum Gasteiger partial charge on any atom is 0.326 e. The molecule has 42 heavy (non-hydrogen) atoms. The van der Waals surface area contributed by atoms with Gasteiger partial charge in [-0.25, -0.2) is 4.79 Å². The summed E-state index contributed by atoms with van der Waals surface area (Å²) in [6.45, 7) is 10.2. The minimum absolute atomic E-state index is 0.00680. The van der Waals surface area contributed by atoms with Crippen LogP contribution in [0.4, 0.5) is 0 Å². The van der Waals surface area contributed by atoms with Crippen LogP contribution < -0.4 is 38.5 Å². The third kappa shape index (κ3) is 16.0. The fourth-order valence-electron chi connectivity index (χ4n) is 4.37. The maximum atomic E-state index is 13.4. The molecule has 0 radical (unpaired) electrons. The monoisotopic (exact) mass is 604 g/mol. The summed E-state index contributed by atoms with van der Waals surface area (Å²) >= 11 is 0. The minimum atomic E-state index is -1.32. The van der Waals surface area contributed by atoms with Crippen LogP contribution in [0.1, 0.15) is 86.0 Å². The Morgan fingerprint density at radius 2 is 1.07 bits per heavy atom. The van der Waals surface area contributed by atoms with Crippen molar-refractivity contribution in [2.45, 2.75) is 122 Å². The summed E-state index contributed by atoms with van der Waals surface area (Å²) in [5, 5.41) is 30.3. The summed E-state index contributed by atoms with van der Waals surface area (Å²) in [4.78, 5) is 64.1. The molecule has 244 valence electrons. The van der Waals surface area contributed by atoms with E-state index in [2.05, 4.69) is 38.5 Å². The summed E-state index contributed by atoms with van der Waals surface area (Å²) in [6.07, 6.45) is 2.80. The van der Waals surface area contributed by atoms with Crippen LogP contribution in [-0.2, 0) is 24.0 Å². The second-order valence-corrected chi connectivity index (χ2v) is 11.9. The van der Waals surface area contributed by atoms with Crippen molar-refractivity contribution in [1.29, 1.82) is 0 Å². The average Bonchev–Trinajstić information content (AvgIpc) is 2.89. The van der Waals surface area contributed by atoms with Crippen LogP contribution in [-0.4, -0.2) is 89.2 Å². The number of carboxylic acids is 1. The topological polar surface area (TPSA) is 257 Å². The molecule has 0 aromatic carbocycles. The van der Waals surface area contributed by atoms with E-state index < -0.39 is 65.9 Å². The van der Waals surface area contributed by atoms with Crippen molar-refractivity contribution in [2.24, 2.45) is 11.8 Å². The molecule has 6 atom stereocenters. The van der Waals surface area contributed by atoms with Gasteiger partial charge in [0.05, 0.1) is 19.2 Å². The Balaban J connectivity index is 5.77. The van der Waals surface area contributed by atoms with Crippen molar-refractivity contribution in [3.63, 3.8) is 0 Å². The van der Waals surface area contributed by atoms with Crippen LogP contribution >= 0.6 is 0 Å². The molecule has 15 N–H and O–H groups in total. The molecule has 0 unspecified atom stereocenters. The molecule has 4 amide bonds. The van der Waals surface area contributed by atoms with E-state index in [-0.39, 0.29) is 31.1 Å². The van der Waals surface area contributed by atoms with Gasteiger partial charge in [0.25, 0.3) is 5.91 Å². The van der Waals surface area contributed by atoms with Gasteiger partial charge in [0, 0.05) is 6.42 Å². The molecular weight excluding hydrogens is 546 g/mol. The summed E-state index contributed by atoms with van der Waals surface area (Å²) in [6, 6.07) is -5.15. The van der Waals surface area contributed by atoms with Crippen LogP contribution in [0.3, 0.4) is 0 Å². The fourth-order valence-corrected chi connectivity index (χ4v) is 4.37. The number of aliphatic carboxylic acids is 1. The molecule has 0 bridgehead atoms. The van der Waals surface area contributed by atoms with Crippen LogP contribution in [0.25, 0.3) is 0 Å². The minimum Gasteiger partial charge on any atom is -0.480 e. The Labute approximate surface area is 249 Å². The number of hydrogen-bond donors (Lipinski definition) is 9. The Hall–Kier alpha value is -2.81. The molecule has 0 heterocycles. The lowest BCUT2D eigenvalue weighted by Crippen LogP contribution is -2.70. The number of amides is 4. The van der Waals surface area contributed by atoms with Gasteiger partial charge < -0.3 is 48.7 Å². The largest absolute Gasteiger partial charge is 0.480 e. The van der Waals surface area contributed by atoms with E-state index in [9.17, 15) is 34.2 Å². The third-order valence-electron chi connectivity index (χ3n) is 6.77. The second-order valence-electron chi connectivity index (χ2n) is 11.9. The smallest absolute Gasteiger partial charge is 0.326 e. The van der Waals surface area contributed by atoms with E-state index >= 15 is 0 Å². The van der Waals surface area contributed by atoms with Crippen LogP contribution in [0.5, 0.6) is 0 Å². The highest BCUT2D eigenvalue weighted by Crippen LogP contribution is 2.11. The zero-order valence-electron chi connectivity index (χ0n) is 26.2. The number of rotatable bonds is 22. The van der Waals surface area contributed by atoms with Gasteiger partial charge in [-0.3, -0.25) is 19.2 Å². The zero-order chi connectivity index (χ0) is 32.4. The highest BCUT2D eigenvalue weighted by atomic mass is 16.4. The van der Waals surface area contributed by atoms with Crippen LogP contribution in [0.2, 0.25) is 0 Å². The zero-order valence-corrected chi connectivity index (χ0v) is 26.2. The molecule has 14 heteroatoms. The molecule has 0 saturated carbocycles. The van der Waals surface area contributed by atoms with Crippen molar-refractivity contribution >= 4 is 29.6 Å². The summed E-state index contributed by atoms with van der Waals surface area (Å²) in [5.74, 6) is -3.63. The highest BCUT2D eigenvalue weighted by Gasteiger charge is 2.34. The van der Waals surface area contributed by atoms with E-state index in [0.717, 1.165) is 19.4 Å². The van der Waals surface area contributed by atoms with Crippen molar-refractivity contribution in [3.05, 3.63) is 0 Å². The first kappa shape index (κ1) is 39.2. The van der Waals surface area contributed by atoms with E-state index in [1.165, 1.54) is 6.92 Å². The molecule has 0 aliphatic carbocycles. The molecule has 0 saturated heterocycles. The number of aliphatic hydroxyl groups is 1. The van der Waals surface area contributed by atoms with Crippen LogP contribution in [0.15, 0.2) is 0 Å². The first-order valence-corrected chi connectivity index (χ1v) is 15.2. The van der Waals surface area contributed by atoms with E-state index in [4.69, 9.17) is 0 Å². The third-order valence-corrected chi connectivity index (χ3v) is 6.77. The maximum absolute atomic E-state index is 13.4. The number of hydrogen-bond acceptors (Lipinski definition) is 6. The Morgan fingerprint density at radius 3 is 1.55 bits per heavy atom. The SMILES string of the molecule is CC(C)C[C@H](NC(=O)[C@H](CC(C)C)NC(=O)[C@H](CCCC[NH3+])NC(=O)[C@@H](NC(=O)[C@@H]([NH3+])CCCC[NH3+])[C@@H](C)O)C(=O)O. The number of unbranched alkanes of at least 4 members (excludes halogenated alkanes) is 2. The molecule has 0 spiro atoms. The van der Waals surface area contributed by atoms with Crippen molar-refractivity contribution in [3.8, 4) is 0 Å². The predicted octanol–water partition coefficient (Wildman–Crippen LogP) is -3.08. The normalized spacial score (nSPS) is 15.7. The molecule has 0 aromatic heterocycles. The van der Waals surface area contributed by atoms with Gasteiger partial charge in [-0.15, -0.1) is 0 Å². The van der Waals surface area contributed by atoms with Gasteiger partial charge in [0.1, 0.15) is 24.2 Å². The average molecular weight is 605 g/mol. The highest BCUT2D eigenvalue weighted by molar-refractivity contribution is 5.95. The van der Waals surface area contributed by atoms with Gasteiger partial charge in [-0.05, 0) is 63.7 Å². The number of nitrogens with one attached hydrogen (secondary N) is 4. The number of carboxylic acid groups (broad SMARTS) is 1. The molecule has 14 nitrogen and oxygen atoms in total. The molecule has 0 rings (SSSR count). The van der Waals surface area contributed by atoms with E-state index in [1.54, 1.807) is 0 Å². The Bertz CT molecular complexity index is 854. The number of carbonyl (C=O) groups excluding carboxylic acids is 4. The van der Waals surface area contributed by atoms with Crippen molar-refractivity contribution < 1.29 is 51.4 Å². The first-order chi connectivity index (χ1) is 19.6. The van der Waals surface area contributed by atoms with Crippen molar-refractivity contribution in [1.82, 2.24) is 21.3 Å². The lowest BCUT2D eigenvalue weighted by molar-refractivity contribution is -0.406. The number of aliphatic hydroxyl groups excluding tert-OH is 1. The summed E-state index contributed by atoms with van der Waals surface area (Å²) < 4.78 is 0. The molecule has 0 fully saturated rings. The standard InChI is InChI=1S/C28H55N7O7/c1-16(2)14-21(26(39)34-22(28(41)42)15-17(3)4)33-25(38)20(11-7-9-13-30)32-27(40)23(18(5)36)35-24(37)19(31)10-6-8-12-29/h16-23,36H,6-15,29-31H2,1-5H3,(H,32,40)(H,33,38)(H,34,39)(H,35,37)(H,41,42)/p+3/t18-,19+,20+,21+,22+,23+/m1/s1. The number of carbonyl (C=O) groups is 5. The Kier molecular flexibility index (Phi) is 19.6. The van der Waals surface area contributed by atoms with Gasteiger partial charge in [0.15, 0.2) is 6.04 Å². The quantitative estimate of drug-likeness (QED) is 0.0575. The molecule has 0 aromatic rings. The lowest BCUT2D eigenvalue weighted by atomic mass is 9.99. The van der Waals surface area contributed by atoms with Gasteiger partial charge in [0.2, 0.25) is 17.7 Å². The lowest BCUT2D eigenvalue weighted by Gasteiger charge is -2.27. The Morgan fingerprint density at radius 1 is 0.619 bits per heavy atom. The van der Waals surface area contributed by atoms with Gasteiger partial charge in [-0.2, -0.15) is 0 Å². The molecular formula is C28H58N7O7+3. The fraction of sp³-hybridized carbons (Fsp3) is 0.821. The van der Waals surface area contributed by atoms with E-state index in [0.29, 0.717) is 25.8 Å². The predicted molar refractivity (Wildman–Crippen MR) is 156 cm³/mol.